The zero-order valence-electron chi connectivity index (χ0n) is 11.0. The van der Waals surface area contributed by atoms with Gasteiger partial charge in [0, 0.05) is 12.5 Å². The van der Waals surface area contributed by atoms with E-state index in [-0.39, 0.29) is 18.6 Å². The average Bonchev–Trinajstić information content (AvgIpc) is 2.26. The quantitative estimate of drug-likeness (QED) is 0.774. The van der Waals surface area contributed by atoms with Gasteiger partial charge in [-0.3, -0.25) is 0 Å². The van der Waals surface area contributed by atoms with E-state index in [1.54, 1.807) is 0 Å². The molecule has 0 radical (unpaired) electrons. The van der Waals surface area contributed by atoms with Crippen molar-refractivity contribution in [3.8, 4) is 0 Å². The van der Waals surface area contributed by atoms with Crippen LogP contribution in [0.2, 0.25) is 0 Å². The van der Waals surface area contributed by atoms with Crippen LogP contribution in [0, 0.1) is 5.92 Å². The van der Waals surface area contributed by atoms with E-state index in [1.807, 2.05) is 6.92 Å². The third-order valence-electron chi connectivity index (χ3n) is 3.67. The monoisotopic (exact) mass is 267 g/mol. The van der Waals surface area contributed by atoms with Gasteiger partial charge in [0.05, 0.1) is 6.10 Å². The van der Waals surface area contributed by atoms with Crippen LogP contribution in [0.1, 0.15) is 51.9 Å². The lowest BCUT2D eigenvalue weighted by atomic mass is 9.87. The van der Waals surface area contributed by atoms with Gasteiger partial charge in [-0.1, -0.05) is 0 Å². The summed E-state index contributed by atoms with van der Waals surface area (Å²) in [6.45, 7) is 2.80. The molecule has 0 aromatic rings. The molecule has 1 rings (SSSR count). The van der Waals surface area contributed by atoms with E-state index >= 15 is 0 Å². The first-order valence-electron chi connectivity index (χ1n) is 6.85. The van der Waals surface area contributed by atoms with E-state index in [0.717, 1.165) is 32.2 Å². The first kappa shape index (κ1) is 15.8. The molecule has 0 aliphatic heterocycles. The van der Waals surface area contributed by atoms with E-state index in [9.17, 15) is 18.3 Å². The van der Waals surface area contributed by atoms with Crippen molar-refractivity contribution in [2.75, 3.05) is 6.54 Å². The van der Waals surface area contributed by atoms with Gasteiger partial charge in [0.2, 0.25) is 0 Å². The normalized spacial score (nSPS) is 27.2. The topological polar surface area (TPSA) is 32.3 Å². The minimum Gasteiger partial charge on any atom is -0.393 e. The van der Waals surface area contributed by atoms with E-state index in [0.29, 0.717) is 12.3 Å². The molecule has 0 saturated heterocycles. The second-order valence-corrected chi connectivity index (χ2v) is 5.49. The van der Waals surface area contributed by atoms with Gasteiger partial charge in [-0.15, -0.1) is 0 Å². The smallest absolute Gasteiger partial charge is 0.389 e. The van der Waals surface area contributed by atoms with Crippen LogP contribution >= 0.6 is 0 Å². The minimum absolute atomic E-state index is 0.138. The molecule has 1 aliphatic rings. The highest BCUT2D eigenvalue weighted by atomic mass is 19.4. The Kier molecular flexibility index (Phi) is 6.43. The van der Waals surface area contributed by atoms with E-state index in [1.165, 1.54) is 0 Å². The van der Waals surface area contributed by atoms with Crippen LogP contribution in [-0.4, -0.2) is 30.0 Å². The number of hydrogen-bond donors (Lipinski definition) is 2. The number of hydrogen-bond acceptors (Lipinski definition) is 2. The molecule has 0 heterocycles. The van der Waals surface area contributed by atoms with Crippen molar-refractivity contribution in [3.63, 3.8) is 0 Å². The summed E-state index contributed by atoms with van der Waals surface area (Å²) in [7, 11) is 0. The Bertz CT molecular complexity index is 225. The Morgan fingerprint density at radius 3 is 2.39 bits per heavy atom. The van der Waals surface area contributed by atoms with Crippen molar-refractivity contribution >= 4 is 0 Å². The molecule has 1 saturated carbocycles. The van der Waals surface area contributed by atoms with Crippen molar-refractivity contribution in [3.05, 3.63) is 0 Å². The zero-order chi connectivity index (χ0) is 13.6. The van der Waals surface area contributed by atoms with Crippen molar-refractivity contribution in [1.29, 1.82) is 0 Å². The van der Waals surface area contributed by atoms with Crippen molar-refractivity contribution in [2.45, 2.75) is 70.2 Å². The SMILES string of the molecule is CC(CCCC(F)(F)F)NCC1CCC(O)CC1. The fourth-order valence-corrected chi connectivity index (χ4v) is 2.43. The molecule has 1 atom stereocenters. The van der Waals surface area contributed by atoms with Gasteiger partial charge in [0.25, 0.3) is 0 Å². The molecule has 5 heteroatoms. The molecule has 2 nitrogen and oxygen atoms in total. The molecular weight excluding hydrogens is 243 g/mol. The van der Waals surface area contributed by atoms with Crippen LogP contribution in [0.3, 0.4) is 0 Å². The summed E-state index contributed by atoms with van der Waals surface area (Å²) in [5.41, 5.74) is 0. The predicted molar refractivity (Wildman–Crippen MR) is 65.3 cm³/mol. The van der Waals surface area contributed by atoms with Gasteiger partial charge in [-0.2, -0.15) is 13.2 Å². The first-order valence-corrected chi connectivity index (χ1v) is 6.85. The van der Waals surface area contributed by atoms with Crippen molar-refractivity contribution in [1.82, 2.24) is 5.32 Å². The standard InChI is InChI=1S/C13H24F3NO/c1-10(3-2-8-13(14,15)16)17-9-11-4-6-12(18)7-5-11/h10-12,17-18H,2-9H2,1H3. The molecule has 2 N–H and O–H groups in total. The number of aliphatic hydroxyl groups excluding tert-OH is 1. The molecule has 0 amide bonds. The molecule has 1 unspecified atom stereocenters. The van der Waals surface area contributed by atoms with Gasteiger partial charge in [-0.25, -0.2) is 0 Å². The highest BCUT2D eigenvalue weighted by Crippen LogP contribution is 2.24. The van der Waals surface area contributed by atoms with Gasteiger partial charge in [0.15, 0.2) is 0 Å². The van der Waals surface area contributed by atoms with Crippen LogP contribution < -0.4 is 5.32 Å². The zero-order valence-corrected chi connectivity index (χ0v) is 11.0. The highest BCUT2D eigenvalue weighted by molar-refractivity contribution is 4.74. The Balaban J connectivity index is 2.04. The second-order valence-electron chi connectivity index (χ2n) is 5.49. The van der Waals surface area contributed by atoms with Crippen LogP contribution in [0.5, 0.6) is 0 Å². The number of aliphatic hydroxyl groups is 1. The maximum atomic E-state index is 12.0. The van der Waals surface area contributed by atoms with Gasteiger partial charge in [0.1, 0.15) is 0 Å². The fourth-order valence-electron chi connectivity index (χ4n) is 2.43. The summed E-state index contributed by atoms with van der Waals surface area (Å²) in [6, 6.07) is 0.138. The number of rotatable bonds is 6. The summed E-state index contributed by atoms with van der Waals surface area (Å²) in [4.78, 5) is 0. The van der Waals surface area contributed by atoms with Crippen molar-refractivity contribution < 1.29 is 18.3 Å². The molecular formula is C13H24F3NO. The third-order valence-corrected chi connectivity index (χ3v) is 3.67. The van der Waals surface area contributed by atoms with Crippen LogP contribution in [0.25, 0.3) is 0 Å². The molecule has 0 aromatic heterocycles. The lowest BCUT2D eigenvalue weighted by Gasteiger charge is -2.27. The Labute approximate surface area is 107 Å². The first-order chi connectivity index (χ1) is 8.37. The Morgan fingerprint density at radius 2 is 1.83 bits per heavy atom. The molecule has 1 aliphatic carbocycles. The van der Waals surface area contributed by atoms with Crippen LogP contribution in [0.4, 0.5) is 13.2 Å². The highest BCUT2D eigenvalue weighted by Gasteiger charge is 2.26. The average molecular weight is 267 g/mol. The molecule has 108 valence electrons. The minimum atomic E-state index is -4.03. The lowest BCUT2D eigenvalue weighted by Crippen LogP contribution is -2.33. The van der Waals surface area contributed by atoms with Gasteiger partial charge in [-0.05, 0) is 57.9 Å². The molecule has 0 spiro atoms. The summed E-state index contributed by atoms with van der Waals surface area (Å²) >= 11 is 0. The van der Waals surface area contributed by atoms with Gasteiger partial charge >= 0.3 is 6.18 Å². The molecule has 18 heavy (non-hydrogen) atoms. The molecule has 0 bridgehead atoms. The Morgan fingerprint density at radius 1 is 1.22 bits per heavy atom. The van der Waals surface area contributed by atoms with E-state index in [4.69, 9.17) is 0 Å². The number of nitrogens with one attached hydrogen (secondary N) is 1. The third kappa shape index (κ3) is 7.21. The van der Waals surface area contributed by atoms with E-state index in [2.05, 4.69) is 5.32 Å². The summed E-state index contributed by atoms with van der Waals surface area (Å²) < 4.78 is 35.9. The molecule has 1 fully saturated rings. The summed E-state index contributed by atoms with van der Waals surface area (Å²) in [5.74, 6) is 0.568. The largest absolute Gasteiger partial charge is 0.393 e. The summed E-state index contributed by atoms with van der Waals surface area (Å²) in [5, 5.41) is 12.7. The van der Waals surface area contributed by atoms with Crippen LogP contribution in [-0.2, 0) is 0 Å². The van der Waals surface area contributed by atoms with Crippen LogP contribution in [0.15, 0.2) is 0 Å². The maximum absolute atomic E-state index is 12.0. The maximum Gasteiger partial charge on any atom is 0.389 e. The predicted octanol–water partition coefficient (Wildman–Crippen LogP) is 3.25. The number of alkyl halides is 3. The Hall–Kier alpha value is -0.290. The van der Waals surface area contributed by atoms with E-state index < -0.39 is 12.6 Å². The fraction of sp³-hybridized carbons (Fsp3) is 1.00. The summed E-state index contributed by atoms with van der Waals surface area (Å²) in [6.07, 6.45) is -0.356. The van der Waals surface area contributed by atoms with Gasteiger partial charge < -0.3 is 10.4 Å². The lowest BCUT2D eigenvalue weighted by molar-refractivity contribution is -0.135. The second kappa shape index (κ2) is 7.34. The molecule has 0 aromatic carbocycles. The van der Waals surface area contributed by atoms with Crippen molar-refractivity contribution in [2.24, 2.45) is 5.92 Å². The number of halogens is 3.